The Balaban J connectivity index is 3.15. The maximum absolute atomic E-state index is 12.8. The Kier molecular flexibility index (Phi) is 4.21. The lowest BCUT2D eigenvalue weighted by Crippen LogP contribution is -2.20. The molecule has 0 aliphatic rings. The van der Waals surface area contributed by atoms with Gasteiger partial charge in [0.25, 0.3) is 0 Å². The van der Waals surface area contributed by atoms with Gasteiger partial charge in [-0.25, -0.2) is 0 Å². The summed E-state index contributed by atoms with van der Waals surface area (Å²) in [6.07, 6.45) is -4.55. The van der Waals surface area contributed by atoms with Crippen LogP contribution in [0.25, 0.3) is 0 Å². The number of rotatable bonds is 3. The molecule has 18 heavy (non-hydrogen) atoms. The number of anilines is 1. The molecule has 1 rings (SSSR count). The van der Waals surface area contributed by atoms with Crippen LogP contribution in [0.5, 0.6) is 5.75 Å². The highest BCUT2D eigenvalue weighted by molar-refractivity contribution is 5.93. The van der Waals surface area contributed by atoms with Gasteiger partial charge in [-0.2, -0.15) is 13.2 Å². The van der Waals surface area contributed by atoms with E-state index in [1.807, 2.05) is 0 Å². The average Bonchev–Trinajstić information content (AvgIpc) is 2.27. The zero-order valence-corrected chi connectivity index (χ0v) is 10.3. The highest BCUT2D eigenvalue weighted by Crippen LogP contribution is 2.37. The molecular formula is C12H14F3NO2. The van der Waals surface area contributed by atoms with E-state index in [1.165, 1.54) is 19.2 Å². The summed E-state index contributed by atoms with van der Waals surface area (Å²) in [5.41, 5.74) is -1.18. The summed E-state index contributed by atoms with van der Waals surface area (Å²) in [6.45, 7) is 3.21. The second-order valence-corrected chi connectivity index (χ2v) is 4.05. The summed E-state index contributed by atoms with van der Waals surface area (Å²) in [7, 11) is 1.28. The minimum atomic E-state index is -4.55. The summed E-state index contributed by atoms with van der Waals surface area (Å²) < 4.78 is 43.2. The molecular weight excluding hydrogens is 247 g/mol. The highest BCUT2D eigenvalue weighted by Gasteiger charge is 2.34. The molecule has 0 spiro atoms. The van der Waals surface area contributed by atoms with Crippen molar-refractivity contribution in [2.24, 2.45) is 5.92 Å². The van der Waals surface area contributed by atoms with Crippen molar-refractivity contribution in [1.82, 2.24) is 0 Å². The zero-order valence-electron chi connectivity index (χ0n) is 10.3. The normalized spacial score (nSPS) is 11.5. The number of halogens is 3. The standard InChI is InChI=1S/C12H14F3NO2/c1-7(2)11(17)16-10-5-4-8(18-3)6-9(10)12(13,14)15/h4-7H,1-3H3,(H,16,17). The van der Waals surface area contributed by atoms with Crippen molar-refractivity contribution < 1.29 is 22.7 Å². The van der Waals surface area contributed by atoms with Gasteiger partial charge in [-0.3, -0.25) is 4.79 Å². The van der Waals surface area contributed by atoms with Gasteiger partial charge in [0.1, 0.15) is 5.75 Å². The van der Waals surface area contributed by atoms with Crippen LogP contribution in [0.15, 0.2) is 18.2 Å². The number of carbonyl (C=O) groups excluding carboxylic acids is 1. The second-order valence-electron chi connectivity index (χ2n) is 4.05. The van der Waals surface area contributed by atoms with Crippen LogP contribution in [0.2, 0.25) is 0 Å². The van der Waals surface area contributed by atoms with Gasteiger partial charge in [0.15, 0.2) is 0 Å². The largest absolute Gasteiger partial charge is 0.497 e. The van der Waals surface area contributed by atoms with Gasteiger partial charge in [0, 0.05) is 5.92 Å². The molecule has 0 saturated carbocycles. The first-order valence-corrected chi connectivity index (χ1v) is 5.31. The molecule has 1 N–H and O–H groups in total. The maximum Gasteiger partial charge on any atom is 0.418 e. The maximum atomic E-state index is 12.8. The van der Waals surface area contributed by atoms with Crippen LogP contribution >= 0.6 is 0 Å². The Hall–Kier alpha value is -1.72. The predicted molar refractivity (Wildman–Crippen MR) is 61.5 cm³/mol. The number of hydrogen-bond acceptors (Lipinski definition) is 2. The molecule has 0 bridgehead atoms. The number of alkyl halides is 3. The molecule has 1 aromatic rings. The molecule has 3 nitrogen and oxygen atoms in total. The first-order valence-electron chi connectivity index (χ1n) is 5.31. The van der Waals surface area contributed by atoms with Crippen molar-refractivity contribution in [3.8, 4) is 5.75 Å². The first-order chi connectivity index (χ1) is 8.25. The Morgan fingerprint density at radius 3 is 2.39 bits per heavy atom. The van der Waals surface area contributed by atoms with Gasteiger partial charge >= 0.3 is 6.18 Å². The number of hydrogen-bond donors (Lipinski definition) is 1. The number of benzene rings is 1. The van der Waals surface area contributed by atoms with Crippen LogP contribution in [-0.2, 0) is 11.0 Å². The fourth-order valence-electron chi connectivity index (χ4n) is 1.27. The molecule has 0 atom stereocenters. The molecule has 1 aromatic carbocycles. The van der Waals surface area contributed by atoms with Gasteiger partial charge in [0.05, 0.1) is 18.4 Å². The van der Waals surface area contributed by atoms with Gasteiger partial charge in [0.2, 0.25) is 5.91 Å². The van der Waals surface area contributed by atoms with Crippen LogP contribution < -0.4 is 10.1 Å². The highest BCUT2D eigenvalue weighted by atomic mass is 19.4. The summed E-state index contributed by atoms with van der Waals surface area (Å²) in [4.78, 5) is 11.4. The molecule has 0 radical (unpaired) electrons. The summed E-state index contributed by atoms with van der Waals surface area (Å²) in [5, 5.41) is 2.25. The van der Waals surface area contributed by atoms with Crippen molar-refractivity contribution in [2.45, 2.75) is 20.0 Å². The summed E-state index contributed by atoms with van der Waals surface area (Å²) in [5.74, 6) is -0.774. The van der Waals surface area contributed by atoms with Gasteiger partial charge in [-0.05, 0) is 18.2 Å². The van der Waals surface area contributed by atoms with E-state index in [1.54, 1.807) is 13.8 Å². The van der Waals surface area contributed by atoms with Crippen LogP contribution in [-0.4, -0.2) is 13.0 Å². The van der Waals surface area contributed by atoms with Crippen molar-refractivity contribution in [3.63, 3.8) is 0 Å². The topological polar surface area (TPSA) is 38.3 Å². The van der Waals surface area contributed by atoms with E-state index in [0.29, 0.717) is 0 Å². The lowest BCUT2D eigenvalue weighted by Gasteiger charge is -2.15. The Morgan fingerprint density at radius 1 is 1.33 bits per heavy atom. The predicted octanol–water partition coefficient (Wildman–Crippen LogP) is 3.31. The fourth-order valence-corrected chi connectivity index (χ4v) is 1.27. The van der Waals surface area contributed by atoms with E-state index >= 15 is 0 Å². The fraction of sp³-hybridized carbons (Fsp3) is 0.417. The van der Waals surface area contributed by atoms with Crippen molar-refractivity contribution in [2.75, 3.05) is 12.4 Å². The SMILES string of the molecule is COc1ccc(NC(=O)C(C)C)c(C(F)(F)F)c1. The summed E-state index contributed by atoms with van der Waals surface area (Å²) >= 11 is 0. The number of amides is 1. The van der Waals surface area contributed by atoms with E-state index in [-0.39, 0.29) is 11.4 Å². The van der Waals surface area contributed by atoms with E-state index in [9.17, 15) is 18.0 Å². The third-order valence-electron chi connectivity index (χ3n) is 2.31. The molecule has 0 fully saturated rings. The van der Waals surface area contributed by atoms with Crippen LogP contribution in [0.4, 0.5) is 18.9 Å². The third-order valence-corrected chi connectivity index (χ3v) is 2.31. The molecule has 100 valence electrons. The van der Waals surface area contributed by atoms with E-state index < -0.39 is 23.6 Å². The van der Waals surface area contributed by atoms with Gasteiger partial charge in [-0.15, -0.1) is 0 Å². The molecule has 0 aliphatic heterocycles. The lowest BCUT2D eigenvalue weighted by molar-refractivity contribution is -0.137. The monoisotopic (exact) mass is 261 g/mol. The van der Waals surface area contributed by atoms with Gasteiger partial charge in [-0.1, -0.05) is 13.8 Å². The quantitative estimate of drug-likeness (QED) is 0.906. The first kappa shape index (κ1) is 14.3. The zero-order chi connectivity index (χ0) is 13.9. The third kappa shape index (κ3) is 3.38. The molecule has 0 aliphatic carbocycles. The van der Waals surface area contributed by atoms with Crippen molar-refractivity contribution in [1.29, 1.82) is 0 Å². The van der Waals surface area contributed by atoms with Gasteiger partial charge < -0.3 is 10.1 Å². The minimum absolute atomic E-state index is 0.0878. The number of nitrogens with one attached hydrogen (secondary N) is 1. The number of ether oxygens (including phenoxy) is 1. The number of carbonyl (C=O) groups is 1. The molecule has 6 heteroatoms. The van der Waals surface area contributed by atoms with Crippen LogP contribution in [0, 0.1) is 5.92 Å². The molecule has 0 aromatic heterocycles. The average molecular weight is 261 g/mol. The van der Waals surface area contributed by atoms with E-state index in [0.717, 1.165) is 6.07 Å². The lowest BCUT2D eigenvalue weighted by atomic mass is 10.1. The number of methoxy groups -OCH3 is 1. The van der Waals surface area contributed by atoms with Crippen LogP contribution in [0.3, 0.4) is 0 Å². The Bertz CT molecular complexity index is 441. The Labute approximate surface area is 103 Å². The molecule has 1 amide bonds. The van der Waals surface area contributed by atoms with Crippen LogP contribution in [0.1, 0.15) is 19.4 Å². The van der Waals surface area contributed by atoms with Crippen molar-refractivity contribution >= 4 is 11.6 Å². The summed E-state index contributed by atoms with van der Waals surface area (Å²) in [6, 6.07) is 3.41. The Morgan fingerprint density at radius 2 is 1.94 bits per heavy atom. The molecule has 0 unspecified atom stereocenters. The smallest absolute Gasteiger partial charge is 0.418 e. The van der Waals surface area contributed by atoms with Crippen molar-refractivity contribution in [3.05, 3.63) is 23.8 Å². The van der Waals surface area contributed by atoms with E-state index in [4.69, 9.17) is 4.74 Å². The molecule has 0 saturated heterocycles. The van der Waals surface area contributed by atoms with E-state index in [2.05, 4.69) is 5.32 Å². The minimum Gasteiger partial charge on any atom is -0.497 e. The second kappa shape index (κ2) is 5.29. The molecule has 0 heterocycles.